The predicted octanol–water partition coefficient (Wildman–Crippen LogP) is -2.58. The van der Waals surface area contributed by atoms with Crippen LogP contribution in [0.5, 0.6) is 0 Å². The molecular formula is C5H10O5. The molecule has 5 nitrogen and oxygen atoms in total. The Morgan fingerprint density at radius 2 is 2.10 bits per heavy atom. The van der Waals surface area contributed by atoms with E-state index < -0.39 is 24.6 Å². The van der Waals surface area contributed by atoms with Gasteiger partial charge in [0.2, 0.25) is 5.79 Å². The first kappa shape index (κ1) is 7.90. The lowest BCUT2D eigenvalue weighted by molar-refractivity contribution is -0.205. The number of aliphatic hydroxyl groups is 4. The van der Waals surface area contributed by atoms with Crippen LogP contribution in [0.4, 0.5) is 0 Å². The molecule has 1 aliphatic rings. The minimum atomic E-state index is -2.20. The third-order valence-corrected chi connectivity index (χ3v) is 1.52. The van der Waals surface area contributed by atoms with E-state index in [0.29, 0.717) is 0 Å². The zero-order valence-corrected chi connectivity index (χ0v) is 5.27. The highest BCUT2D eigenvalue weighted by Crippen LogP contribution is 2.21. The van der Waals surface area contributed by atoms with Crippen molar-refractivity contribution in [2.75, 3.05) is 13.2 Å². The summed E-state index contributed by atoms with van der Waals surface area (Å²) >= 11 is 0. The molecule has 0 radical (unpaired) electrons. The molecule has 10 heavy (non-hydrogen) atoms. The van der Waals surface area contributed by atoms with Gasteiger partial charge in [-0.2, -0.15) is 0 Å². The molecule has 1 fully saturated rings. The largest absolute Gasteiger partial charge is 0.394 e. The predicted molar refractivity (Wildman–Crippen MR) is 30.0 cm³/mol. The van der Waals surface area contributed by atoms with Crippen molar-refractivity contribution in [3.8, 4) is 0 Å². The maximum atomic E-state index is 8.93. The van der Waals surface area contributed by atoms with Crippen LogP contribution >= 0.6 is 0 Å². The van der Waals surface area contributed by atoms with E-state index in [-0.39, 0.29) is 6.61 Å². The van der Waals surface area contributed by atoms with Gasteiger partial charge in [-0.05, 0) is 0 Å². The van der Waals surface area contributed by atoms with Crippen molar-refractivity contribution in [1.29, 1.82) is 0 Å². The fraction of sp³-hybridized carbons (Fsp3) is 1.00. The van der Waals surface area contributed by atoms with Crippen molar-refractivity contribution < 1.29 is 25.2 Å². The van der Waals surface area contributed by atoms with Crippen LogP contribution in [0.3, 0.4) is 0 Å². The molecule has 0 saturated carbocycles. The molecule has 1 rings (SSSR count). The fourth-order valence-corrected chi connectivity index (χ4v) is 0.856. The van der Waals surface area contributed by atoms with Crippen LogP contribution in [-0.4, -0.2) is 51.6 Å². The SMILES string of the molecule is OCC1OCC(O)(O)C1O. The first-order valence-electron chi connectivity index (χ1n) is 2.93. The van der Waals surface area contributed by atoms with Crippen LogP contribution in [0.15, 0.2) is 0 Å². The Kier molecular flexibility index (Phi) is 1.93. The molecule has 2 unspecified atom stereocenters. The van der Waals surface area contributed by atoms with Crippen LogP contribution in [0, 0.1) is 0 Å². The van der Waals surface area contributed by atoms with E-state index in [1.54, 1.807) is 0 Å². The Labute approximate surface area is 57.5 Å². The maximum Gasteiger partial charge on any atom is 0.216 e. The first-order valence-corrected chi connectivity index (χ1v) is 2.93. The number of rotatable bonds is 1. The second-order valence-corrected chi connectivity index (χ2v) is 2.36. The third-order valence-electron chi connectivity index (χ3n) is 1.52. The van der Waals surface area contributed by atoms with Crippen molar-refractivity contribution in [3.05, 3.63) is 0 Å². The van der Waals surface area contributed by atoms with Crippen molar-refractivity contribution >= 4 is 0 Å². The van der Waals surface area contributed by atoms with Crippen LogP contribution in [0.2, 0.25) is 0 Å². The molecule has 4 N–H and O–H groups in total. The number of aliphatic hydroxyl groups excluding tert-OH is 2. The Balaban J connectivity index is 2.58. The number of hydrogen-bond acceptors (Lipinski definition) is 5. The lowest BCUT2D eigenvalue weighted by Gasteiger charge is -2.18. The van der Waals surface area contributed by atoms with Gasteiger partial charge in [0.25, 0.3) is 0 Å². The van der Waals surface area contributed by atoms with Gasteiger partial charge in [-0.25, -0.2) is 0 Å². The highest BCUT2D eigenvalue weighted by Gasteiger charge is 2.46. The van der Waals surface area contributed by atoms with E-state index in [1.165, 1.54) is 0 Å². The van der Waals surface area contributed by atoms with Crippen molar-refractivity contribution in [1.82, 2.24) is 0 Å². The normalized spacial score (nSPS) is 38.4. The van der Waals surface area contributed by atoms with Gasteiger partial charge in [-0.3, -0.25) is 0 Å². The molecular weight excluding hydrogens is 140 g/mol. The molecule has 1 saturated heterocycles. The summed E-state index contributed by atoms with van der Waals surface area (Å²) in [6, 6.07) is 0. The number of hydrogen-bond donors (Lipinski definition) is 4. The molecule has 60 valence electrons. The van der Waals surface area contributed by atoms with Crippen LogP contribution in [0.1, 0.15) is 0 Å². The molecule has 1 aliphatic heterocycles. The minimum absolute atomic E-state index is 0.362. The molecule has 0 spiro atoms. The van der Waals surface area contributed by atoms with Gasteiger partial charge in [0, 0.05) is 0 Å². The van der Waals surface area contributed by atoms with Gasteiger partial charge in [0.05, 0.1) is 6.61 Å². The quantitative estimate of drug-likeness (QED) is 0.308. The van der Waals surface area contributed by atoms with Gasteiger partial charge in [0.1, 0.15) is 18.8 Å². The third kappa shape index (κ3) is 1.14. The number of ether oxygens (including phenoxy) is 1. The van der Waals surface area contributed by atoms with Gasteiger partial charge >= 0.3 is 0 Å². The smallest absolute Gasteiger partial charge is 0.216 e. The summed E-state index contributed by atoms with van der Waals surface area (Å²) in [5.74, 6) is -2.20. The Morgan fingerprint density at radius 3 is 2.30 bits per heavy atom. The highest BCUT2D eigenvalue weighted by molar-refractivity contribution is 4.88. The van der Waals surface area contributed by atoms with E-state index in [0.717, 1.165) is 0 Å². The summed E-state index contributed by atoms with van der Waals surface area (Å²) in [4.78, 5) is 0. The fourth-order valence-electron chi connectivity index (χ4n) is 0.856. The zero-order valence-electron chi connectivity index (χ0n) is 5.27. The first-order chi connectivity index (χ1) is 4.58. The van der Waals surface area contributed by atoms with Crippen LogP contribution in [0.25, 0.3) is 0 Å². The molecule has 0 aliphatic carbocycles. The van der Waals surface area contributed by atoms with E-state index in [2.05, 4.69) is 4.74 Å². The molecule has 1 heterocycles. The van der Waals surface area contributed by atoms with Crippen molar-refractivity contribution in [2.45, 2.75) is 18.0 Å². The highest BCUT2D eigenvalue weighted by atomic mass is 16.6. The van der Waals surface area contributed by atoms with Crippen LogP contribution < -0.4 is 0 Å². The van der Waals surface area contributed by atoms with E-state index in [4.69, 9.17) is 20.4 Å². The van der Waals surface area contributed by atoms with Crippen molar-refractivity contribution in [3.63, 3.8) is 0 Å². The van der Waals surface area contributed by atoms with Gasteiger partial charge in [-0.15, -0.1) is 0 Å². The molecule has 0 aromatic carbocycles. The second kappa shape index (κ2) is 2.44. The molecule has 0 bridgehead atoms. The monoisotopic (exact) mass is 150 g/mol. The van der Waals surface area contributed by atoms with E-state index >= 15 is 0 Å². The minimum Gasteiger partial charge on any atom is -0.394 e. The lowest BCUT2D eigenvalue weighted by atomic mass is 10.1. The van der Waals surface area contributed by atoms with Crippen molar-refractivity contribution in [2.24, 2.45) is 0 Å². The Bertz CT molecular complexity index is 123. The summed E-state index contributed by atoms with van der Waals surface area (Å²) in [7, 11) is 0. The van der Waals surface area contributed by atoms with Gasteiger partial charge in [0.15, 0.2) is 0 Å². The average molecular weight is 150 g/mol. The second-order valence-electron chi connectivity index (χ2n) is 2.36. The molecule has 2 atom stereocenters. The summed E-state index contributed by atoms with van der Waals surface area (Å²) in [6.07, 6.45) is -2.30. The maximum absolute atomic E-state index is 8.93. The summed E-state index contributed by atoms with van der Waals surface area (Å²) in [5.41, 5.74) is 0. The van der Waals surface area contributed by atoms with Gasteiger partial charge in [-0.1, -0.05) is 0 Å². The lowest BCUT2D eigenvalue weighted by Crippen LogP contribution is -2.44. The topological polar surface area (TPSA) is 90.2 Å². The molecule has 5 heteroatoms. The average Bonchev–Trinajstić information content (AvgIpc) is 2.10. The summed E-state index contributed by atoms with van der Waals surface area (Å²) in [6.45, 7) is -0.774. The van der Waals surface area contributed by atoms with E-state index in [1.807, 2.05) is 0 Å². The van der Waals surface area contributed by atoms with E-state index in [9.17, 15) is 0 Å². The summed E-state index contributed by atoms with van der Waals surface area (Å²) < 4.78 is 4.63. The Morgan fingerprint density at radius 1 is 1.50 bits per heavy atom. The molecule has 0 aromatic rings. The molecule has 0 amide bonds. The standard InChI is InChI=1S/C5H10O5/c6-1-3-4(7)5(8,9)2-10-3/h3-4,6-9H,1-2H2. The zero-order chi connectivity index (χ0) is 7.78. The Hall–Kier alpha value is -0.200. The summed E-state index contributed by atoms with van der Waals surface area (Å²) in [5, 5.41) is 35.1. The molecule has 0 aromatic heterocycles. The van der Waals surface area contributed by atoms with Gasteiger partial charge < -0.3 is 25.2 Å². The van der Waals surface area contributed by atoms with Crippen LogP contribution in [-0.2, 0) is 4.74 Å².